The number of halogens is 2. The molecule has 2 amide bonds. The van der Waals surface area contributed by atoms with E-state index in [0.29, 0.717) is 35.2 Å². The van der Waals surface area contributed by atoms with Crippen LogP contribution in [-0.2, 0) is 16.1 Å². The molecule has 1 saturated heterocycles. The van der Waals surface area contributed by atoms with Crippen molar-refractivity contribution in [2.75, 3.05) is 23.7 Å². The number of carbonyl (C=O) groups excluding carboxylic acids is 3. The van der Waals surface area contributed by atoms with Crippen LogP contribution in [0.3, 0.4) is 0 Å². The third kappa shape index (κ3) is 5.37. The lowest BCUT2D eigenvalue weighted by molar-refractivity contribution is -0.127. The van der Waals surface area contributed by atoms with Crippen LogP contribution in [0.2, 0.25) is 5.02 Å². The van der Waals surface area contributed by atoms with E-state index < -0.39 is 23.1 Å². The number of nitrogens with two attached hydrogens (primary N) is 1. The van der Waals surface area contributed by atoms with Crippen molar-refractivity contribution in [2.24, 2.45) is 0 Å². The summed E-state index contributed by atoms with van der Waals surface area (Å²) in [5.41, 5.74) is 5.16. The number of aldehydes is 1. The molecule has 12 nitrogen and oxygen atoms in total. The molecule has 1 atom stereocenters. The van der Waals surface area contributed by atoms with Crippen molar-refractivity contribution in [3.05, 3.63) is 40.7 Å². The van der Waals surface area contributed by atoms with Gasteiger partial charge >= 0.3 is 6.09 Å². The molecule has 2 aromatic heterocycles. The molecule has 2 aliphatic rings. The van der Waals surface area contributed by atoms with Crippen LogP contribution >= 0.6 is 11.6 Å². The predicted octanol–water partition coefficient (Wildman–Crippen LogP) is 2.81. The molecule has 2 fully saturated rings. The zero-order valence-corrected chi connectivity index (χ0v) is 23.1. The van der Waals surface area contributed by atoms with Gasteiger partial charge in [0.05, 0.1) is 30.0 Å². The number of nitrogens with one attached hydrogen (secondary N) is 2. The second-order valence-corrected chi connectivity index (χ2v) is 11.5. The summed E-state index contributed by atoms with van der Waals surface area (Å²) in [6, 6.07) is 1.45. The number of alkyl carbamates (subject to hydrolysis) is 1. The van der Waals surface area contributed by atoms with Crippen LogP contribution in [0.1, 0.15) is 56.0 Å². The normalized spacial score (nSPS) is 19.1. The number of carbonyl (C=O) groups is 3. The van der Waals surface area contributed by atoms with Gasteiger partial charge in [-0.05, 0) is 46.1 Å². The Morgan fingerprint density at radius 3 is 2.73 bits per heavy atom. The van der Waals surface area contributed by atoms with Crippen LogP contribution in [0.15, 0.2) is 18.7 Å². The monoisotopic (exact) mass is 572 g/mol. The summed E-state index contributed by atoms with van der Waals surface area (Å²) in [4.78, 5) is 52.3. The van der Waals surface area contributed by atoms with Gasteiger partial charge in [0.25, 0.3) is 0 Å². The van der Waals surface area contributed by atoms with E-state index in [-0.39, 0.29) is 47.9 Å². The van der Waals surface area contributed by atoms with E-state index >= 15 is 4.39 Å². The number of anilines is 2. The molecule has 4 N–H and O–H groups in total. The summed E-state index contributed by atoms with van der Waals surface area (Å²) in [5.74, 6) is -1.00. The maximum atomic E-state index is 15.1. The largest absolute Gasteiger partial charge is 0.444 e. The Balaban J connectivity index is 1.52. The molecule has 40 heavy (non-hydrogen) atoms. The van der Waals surface area contributed by atoms with Crippen molar-refractivity contribution in [2.45, 2.75) is 63.8 Å². The maximum absolute atomic E-state index is 15.1. The highest BCUT2D eigenvalue weighted by molar-refractivity contribution is 6.32. The van der Waals surface area contributed by atoms with Gasteiger partial charge in [-0.1, -0.05) is 11.6 Å². The number of ether oxygens (including phenoxy) is 1. The molecule has 0 radical (unpaired) electrons. The number of nitrogen functional groups attached to an aromatic ring is 1. The fourth-order valence-corrected chi connectivity index (χ4v) is 5.05. The molecule has 1 aliphatic heterocycles. The highest BCUT2D eigenvalue weighted by Gasteiger charge is 2.48. The number of nitrogens with zero attached hydrogens (tertiary/aromatic N) is 5. The molecule has 0 spiro atoms. The van der Waals surface area contributed by atoms with E-state index in [9.17, 15) is 14.4 Å². The van der Waals surface area contributed by atoms with Crippen LogP contribution in [0, 0.1) is 5.82 Å². The molecule has 0 bridgehead atoms. The molecule has 14 heteroatoms. The number of benzene rings is 1. The molecule has 3 heterocycles. The van der Waals surface area contributed by atoms with Crippen LogP contribution in [0.4, 0.5) is 20.7 Å². The Morgan fingerprint density at radius 2 is 2.05 bits per heavy atom. The summed E-state index contributed by atoms with van der Waals surface area (Å²) in [6.07, 6.45) is 4.42. The number of aromatic nitrogens is 4. The van der Waals surface area contributed by atoms with E-state index in [0.717, 1.165) is 12.8 Å². The zero-order valence-electron chi connectivity index (χ0n) is 22.3. The van der Waals surface area contributed by atoms with Gasteiger partial charge in [-0.25, -0.2) is 24.1 Å². The van der Waals surface area contributed by atoms with Crippen LogP contribution in [0.25, 0.3) is 11.2 Å². The Labute approximate surface area is 234 Å². The summed E-state index contributed by atoms with van der Waals surface area (Å²) in [7, 11) is 0. The third-order valence-corrected chi connectivity index (χ3v) is 7.29. The number of fused-ring (bicyclic) bond motifs is 1. The van der Waals surface area contributed by atoms with Crippen molar-refractivity contribution >= 4 is 52.6 Å². The first kappa shape index (κ1) is 27.6. The lowest BCUT2D eigenvalue weighted by atomic mass is 9.97. The van der Waals surface area contributed by atoms with Gasteiger partial charge < -0.3 is 30.6 Å². The fourth-order valence-electron chi connectivity index (χ4n) is 4.78. The summed E-state index contributed by atoms with van der Waals surface area (Å²) >= 11 is 6.51. The molecule has 0 unspecified atom stereocenters. The van der Waals surface area contributed by atoms with Gasteiger partial charge in [-0.3, -0.25) is 9.59 Å². The first-order valence-corrected chi connectivity index (χ1v) is 13.2. The minimum Gasteiger partial charge on any atom is -0.444 e. The molecular weight excluding hydrogens is 543 g/mol. The van der Waals surface area contributed by atoms with E-state index in [2.05, 4.69) is 25.6 Å². The molecule has 5 rings (SSSR count). The van der Waals surface area contributed by atoms with Gasteiger partial charge in [-0.15, -0.1) is 0 Å². The molecule has 3 aromatic rings. The molecule has 1 aliphatic carbocycles. The molecule has 1 aromatic carbocycles. The summed E-state index contributed by atoms with van der Waals surface area (Å²) in [6.45, 7) is 5.58. The Hall–Kier alpha value is -4.00. The summed E-state index contributed by atoms with van der Waals surface area (Å²) in [5, 5.41) is 5.53. The topological polar surface area (TPSA) is 157 Å². The molecular formula is C26H30ClFN8O4. The minimum absolute atomic E-state index is 0.0362. The molecule has 212 valence electrons. The Morgan fingerprint density at radius 1 is 1.30 bits per heavy atom. The quantitative estimate of drug-likeness (QED) is 0.362. The Bertz CT molecular complexity index is 1500. The highest BCUT2D eigenvalue weighted by Crippen LogP contribution is 2.37. The van der Waals surface area contributed by atoms with Crippen LogP contribution in [-0.4, -0.2) is 68.1 Å². The van der Waals surface area contributed by atoms with Crippen molar-refractivity contribution < 1.29 is 23.5 Å². The number of imidazole rings is 1. The Kier molecular flexibility index (Phi) is 7.02. The van der Waals surface area contributed by atoms with Gasteiger partial charge in [0.15, 0.2) is 23.6 Å². The first-order chi connectivity index (χ1) is 18.9. The average molecular weight is 573 g/mol. The van der Waals surface area contributed by atoms with Crippen LogP contribution < -0.4 is 21.3 Å². The highest BCUT2D eigenvalue weighted by atomic mass is 35.5. The zero-order chi connectivity index (χ0) is 28.8. The van der Waals surface area contributed by atoms with Gasteiger partial charge in [-0.2, -0.15) is 0 Å². The van der Waals surface area contributed by atoms with Crippen molar-refractivity contribution in [3.8, 4) is 0 Å². The van der Waals surface area contributed by atoms with Crippen molar-refractivity contribution in [1.29, 1.82) is 0 Å². The first-order valence-electron chi connectivity index (χ1n) is 12.9. The van der Waals surface area contributed by atoms with Crippen molar-refractivity contribution in [3.63, 3.8) is 0 Å². The van der Waals surface area contributed by atoms with E-state index in [1.54, 1.807) is 30.2 Å². The SMILES string of the molecule is CC(C)(C)OC(=O)N[C@]1(C(=O)NC2CC2)CCN(c2cc(C=O)c(F)c(Cl)c2Cn2cnc3c(N)ncnc32)C1. The lowest BCUT2D eigenvalue weighted by Crippen LogP contribution is -2.61. The third-order valence-electron chi connectivity index (χ3n) is 6.89. The number of hydrogen-bond donors (Lipinski definition) is 3. The summed E-state index contributed by atoms with van der Waals surface area (Å²) < 4.78 is 22.2. The lowest BCUT2D eigenvalue weighted by Gasteiger charge is -2.32. The second kappa shape index (κ2) is 10.2. The van der Waals surface area contributed by atoms with E-state index in [1.807, 2.05) is 0 Å². The standard InChI is InChI=1S/C26H30ClFN8O4/c1-25(2,3)40-24(39)34-26(23(38)33-15-4-5-15)6-7-35(11-26)17-8-14(10-37)19(28)18(27)16(17)9-36-13-32-20-21(29)30-12-31-22(20)36/h8,10,12-13,15H,4-7,9,11H2,1-3H3,(H,33,38)(H,34,39)(H2,29,30,31)/t26-/m1/s1. The number of rotatable bonds is 7. The molecule has 1 saturated carbocycles. The van der Waals surface area contributed by atoms with Gasteiger partial charge in [0.2, 0.25) is 5.91 Å². The van der Waals surface area contributed by atoms with Crippen molar-refractivity contribution in [1.82, 2.24) is 30.2 Å². The second-order valence-electron chi connectivity index (χ2n) is 11.1. The van der Waals surface area contributed by atoms with E-state index in [1.165, 1.54) is 18.7 Å². The average Bonchev–Trinajstić information content (AvgIpc) is 3.44. The van der Waals surface area contributed by atoms with Gasteiger partial charge in [0.1, 0.15) is 23.0 Å². The number of amides is 2. The fraction of sp³-hybridized carbons (Fsp3) is 0.462. The maximum Gasteiger partial charge on any atom is 0.408 e. The van der Waals surface area contributed by atoms with Gasteiger partial charge in [0, 0.05) is 23.8 Å². The van der Waals surface area contributed by atoms with Crippen LogP contribution in [0.5, 0.6) is 0 Å². The minimum atomic E-state index is -1.33. The number of hydrogen-bond acceptors (Lipinski definition) is 9. The predicted molar refractivity (Wildman–Crippen MR) is 146 cm³/mol. The van der Waals surface area contributed by atoms with E-state index in [4.69, 9.17) is 22.1 Å². The smallest absolute Gasteiger partial charge is 0.408 e.